The number of nitrogens with zero attached hydrogens (tertiary/aromatic N) is 1. The number of nitrogens with two attached hydrogens (primary N) is 1. The van der Waals surface area contributed by atoms with Crippen LogP contribution >= 0.6 is 0 Å². The zero-order valence-electron chi connectivity index (χ0n) is 13.2. The number of hydrogen-bond donors (Lipinski definition) is 3. The number of rotatable bonds is 3. The number of amides is 1. The molecule has 0 aromatic heterocycles. The van der Waals surface area contributed by atoms with Gasteiger partial charge in [-0.25, -0.2) is 5.43 Å². The molecule has 23 heavy (non-hydrogen) atoms. The van der Waals surface area contributed by atoms with Gasteiger partial charge in [0.05, 0.1) is 17.1 Å². The summed E-state index contributed by atoms with van der Waals surface area (Å²) in [7, 11) is 0. The topological polar surface area (TPSA) is 70.4 Å². The van der Waals surface area contributed by atoms with Crippen molar-refractivity contribution in [3.63, 3.8) is 0 Å². The van der Waals surface area contributed by atoms with E-state index in [-0.39, 0.29) is 5.91 Å². The van der Waals surface area contributed by atoms with Crippen LogP contribution in [0.1, 0.15) is 24.2 Å². The van der Waals surface area contributed by atoms with Gasteiger partial charge in [0.15, 0.2) is 0 Å². The number of carbonyl (C=O) groups is 1. The number of hydrogen-bond acceptors (Lipinski definition) is 4. The minimum Gasteiger partial charge on any atom is -0.397 e. The van der Waals surface area contributed by atoms with Crippen molar-refractivity contribution < 1.29 is 4.79 Å². The van der Waals surface area contributed by atoms with Gasteiger partial charge in [0.2, 0.25) is 0 Å². The normalized spacial score (nSPS) is 17.0. The molecule has 1 unspecified atom stereocenters. The van der Waals surface area contributed by atoms with E-state index in [1.54, 1.807) is 12.1 Å². The summed E-state index contributed by atoms with van der Waals surface area (Å²) in [5.41, 5.74) is 13.1. The second kappa shape index (κ2) is 6.14. The SMILES string of the molecule is CC1=CC(C)NN1c1ccc(C(=O)Nc2ccccc2N)cc1. The molecule has 5 nitrogen and oxygen atoms in total. The molecule has 1 aliphatic rings. The van der Waals surface area contributed by atoms with E-state index in [9.17, 15) is 4.79 Å². The molecule has 0 aliphatic carbocycles. The fourth-order valence-electron chi connectivity index (χ4n) is 2.62. The fourth-order valence-corrected chi connectivity index (χ4v) is 2.62. The molecule has 2 aromatic rings. The second-order valence-corrected chi connectivity index (χ2v) is 5.65. The Hall–Kier alpha value is -2.79. The van der Waals surface area contributed by atoms with E-state index in [2.05, 4.69) is 30.7 Å². The van der Waals surface area contributed by atoms with Crippen LogP contribution in [0.15, 0.2) is 60.3 Å². The Bertz CT molecular complexity index is 752. The van der Waals surface area contributed by atoms with Crippen molar-refractivity contribution in [3.8, 4) is 0 Å². The van der Waals surface area contributed by atoms with Gasteiger partial charge in [-0.3, -0.25) is 9.80 Å². The molecule has 0 fully saturated rings. The first kappa shape index (κ1) is 15.1. The van der Waals surface area contributed by atoms with Crippen LogP contribution in [-0.2, 0) is 0 Å². The first-order valence-electron chi connectivity index (χ1n) is 7.55. The predicted octanol–water partition coefficient (Wildman–Crippen LogP) is 3.14. The van der Waals surface area contributed by atoms with Crippen molar-refractivity contribution in [1.29, 1.82) is 0 Å². The van der Waals surface area contributed by atoms with Gasteiger partial charge < -0.3 is 11.1 Å². The van der Waals surface area contributed by atoms with Gasteiger partial charge >= 0.3 is 0 Å². The van der Waals surface area contributed by atoms with Crippen LogP contribution in [0.4, 0.5) is 17.1 Å². The fraction of sp³-hybridized carbons (Fsp3) is 0.167. The lowest BCUT2D eigenvalue weighted by Crippen LogP contribution is -2.35. The molecule has 2 aromatic carbocycles. The summed E-state index contributed by atoms with van der Waals surface area (Å²) in [4.78, 5) is 12.3. The summed E-state index contributed by atoms with van der Waals surface area (Å²) in [6.45, 7) is 4.14. The second-order valence-electron chi connectivity index (χ2n) is 5.65. The summed E-state index contributed by atoms with van der Waals surface area (Å²) >= 11 is 0. The lowest BCUT2D eigenvalue weighted by atomic mass is 10.1. The zero-order valence-corrected chi connectivity index (χ0v) is 13.2. The molecule has 1 atom stereocenters. The molecular formula is C18H20N4O. The summed E-state index contributed by atoms with van der Waals surface area (Å²) in [6, 6.07) is 15.0. The number of hydrazine groups is 1. The molecule has 3 rings (SSSR count). The number of anilines is 3. The van der Waals surface area contributed by atoms with Gasteiger partial charge in [-0.2, -0.15) is 0 Å². The van der Waals surface area contributed by atoms with E-state index in [1.807, 2.05) is 41.4 Å². The molecule has 0 bridgehead atoms. The monoisotopic (exact) mass is 308 g/mol. The minimum atomic E-state index is -0.176. The van der Waals surface area contributed by atoms with Crippen LogP contribution < -0.4 is 21.5 Å². The molecule has 0 saturated heterocycles. The number of para-hydroxylation sites is 2. The zero-order chi connectivity index (χ0) is 16.4. The van der Waals surface area contributed by atoms with Crippen LogP contribution in [-0.4, -0.2) is 11.9 Å². The van der Waals surface area contributed by atoms with Crippen LogP contribution in [0.25, 0.3) is 0 Å². The van der Waals surface area contributed by atoms with Crippen LogP contribution in [0.5, 0.6) is 0 Å². The Labute approximate surface area is 135 Å². The molecule has 118 valence electrons. The highest BCUT2D eigenvalue weighted by molar-refractivity contribution is 6.05. The van der Waals surface area contributed by atoms with Crippen molar-refractivity contribution >= 4 is 23.0 Å². The van der Waals surface area contributed by atoms with Crippen molar-refractivity contribution in [2.24, 2.45) is 0 Å². The maximum atomic E-state index is 12.3. The van der Waals surface area contributed by atoms with Crippen molar-refractivity contribution in [2.45, 2.75) is 19.9 Å². The summed E-state index contributed by atoms with van der Waals surface area (Å²) in [6.07, 6.45) is 2.15. The maximum absolute atomic E-state index is 12.3. The Morgan fingerprint density at radius 1 is 1.17 bits per heavy atom. The van der Waals surface area contributed by atoms with Crippen molar-refractivity contribution in [3.05, 3.63) is 65.9 Å². The van der Waals surface area contributed by atoms with Gasteiger partial charge in [-0.15, -0.1) is 0 Å². The molecule has 1 amide bonds. The van der Waals surface area contributed by atoms with Crippen molar-refractivity contribution in [2.75, 3.05) is 16.1 Å². The first-order chi connectivity index (χ1) is 11.0. The summed E-state index contributed by atoms with van der Waals surface area (Å²) in [5, 5.41) is 4.84. The molecule has 4 N–H and O–H groups in total. The number of nitrogens with one attached hydrogen (secondary N) is 2. The van der Waals surface area contributed by atoms with Gasteiger partial charge in [0, 0.05) is 17.3 Å². The van der Waals surface area contributed by atoms with Gasteiger partial charge in [0.25, 0.3) is 5.91 Å². The molecular weight excluding hydrogens is 288 g/mol. The minimum absolute atomic E-state index is 0.176. The smallest absolute Gasteiger partial charge is 0.255 e. The highest BCUT2D eigenvalue weighted by Crippen LogP contribution is 2.23. The Morgan fingerprint density at radius 3 is 2.48 bits per heavy atom. The van der Waals surface area contributed by atoms with Gasteiger partial charge in [-0.05, 0) is 56.3 Å². The average molecular weight is 308 g/mol. The van der Waals surface area contributed by atoms with Gasteiger partial charge in [-0.1, -0.05) is 12.1 Å². The third-order valence-corrected chi connectivity index (χ3v) is 3.77. The maximum Gasteiger partial charge on any atom is 0.255 e. The highest BCUT2D eigenvalue weighted by atomic mass is 16.1. The summed E-state index contributed by atoms with van der Waals surface area (Å²) in [5.74, 6) is -0.176. The third kappa shape index (κ3) is 3.19. The molecule has 1 heterocycles. The van der Waals surface area contributed by atoms with E-state index in [0.29, 0.717) is 23.0 Å². The quantitative estimate of drug-likeness (QED) is 0.762. The van der Waals surface area contributed by atoms with Gasteiger partial charge in [0.1, 0.15) is 0 Å². The Balaban J connectivity index is 1.74. The lowest BCUT2D eigenvalue weighted by Gasteiger charge is -2.21. The third-order valence-electron chi connectivity index (χ3n) is 3.77. The average Bonchev–Trinajstić information content (AvgIpc) is 2.88. The van der Waals surface area contributed by atoms with Crippen LogP contribution in [0.3, 0.4) is 0 Å². The molecule has 1 aliphatic heterocycles. The van der Waals surface area contributed by atoms with Crippen LogP contribution in [0.2, 0.25) is 0 Å². The number of benzene rings is 2. The van der Waals surface area contributed by atoms with E-state index >= 15 is 0 Å². The first-order valence-corrected chi connectivity index (χ1v) is 7.55. The Kier molecular flexibility index (Phi) is 4.04. The van der Waals surface area contributed by atoms with Crippen molar-refractivity contribution in [1.82, 2.24) is 5.43 Å². The van der Waals surface area contributed by atoms with E-state index < -0.39 is 0 Å². The molecule has 5 heteroatoms. The van der Waals surface area contributed by atoms with E-state index in [0.717, 1.165) is 11.4 Å². The Morgan fingerprint density at radius 2 is 1.87 bits per heavy atom. The van der Waals surface area contributed by atoms with Crippen LogP contribution in [0, 0.1) is 0 Å². The van der Waals surface area contributed by atoms with E-state index in [4.69, 9.17) is 5.73 Å². The highest BCUT2D eigenvalue weighted by Gasteiger charge is 2.18. The standard InChI is InChI=1S/C18H20N4O/c1-12-11-13(2)22(21-12)15-9-7-14(8-10-15)18(23)20-17-6-4-3-5-16(17)19/h3-12,21H,19H2,1-2H3,(H,20,23). The molecule has 0 radical (unpaired) electrons. The molecule has 0 spiro atoms. The largest absolute Gasteiger partial charge is 0.397 e. The number of nitrogen functional groups attached to an aromatic ring is 1. The molecule has 0 saturated carbocycles. The summed E-state index contributed by atoms with van der Waals surface area (Å²) < 4.78 is 0. The predicted molar refractivity (Wildman–Crippen MR) is 94.1 cm³/mol. The number of carbonyl (C=O) groups excluding carboxylic acids is 1. The van der Waals surface area contributed by atoms with E-state index in [1.165, 1.54) is 0 Å². The lowest BCUT2D eigenvalue weighted by molar-refractivity contribution is 0.102. The number of allylic oxidation sites excluding steroid dienone is 1.